The van der Waals surface area contributed by atoms with Gasteiger partial charge in [0.05, 0.1) is 12.6 Å². The minimum Gasteiger partial charge on any atom is -0.449 e. The van der Waals surface area contributed by atoms with Crippen molar-refractivity contribution in [2.45, 2.75) is 62.5 Å². The van der Waals surface area contributed by atoms with Crippen LogP contribution in [0.5, 0.6) is 0 Å². The molecule has 0 spiro atoms. The fourth-order valence-corrected chi connectivity index (χ4v) is 8.12. The Morgan fingerprint density at radius 3 is 1.54 bits per heavy atom. The van der Waals surface area contributed by atoms with Crippen molar-refractivity contribution in [1.29, 1.82) is 0 Å². The number of hydrogen-bond donors (Lipinski definition) is 3. The van der Waals surface area contributed by atoms with Gasteiger partial charge in [-0.05, 0) is 57.1 Å². The number of fused-ring (bicyclic) bond motifs is 3. The van der Waals surface area contributed by atoms with Gasteiger partial charge in [0.1, 0.15) is 18.2 Å². The van der Waals surface area contributed by atoms with Gasteiger partial charge in [-0.2, -0.15) is 0 Å². The number of nitrogens with one attached hydrogen (secondary N) is 2. The molecule has 0 fully saturated rings. The zero-order chi connectivity index (χ0) is 36.9. The Bertz CT molecular complexity index is 1840. The van der Waals surface area contributed by atoms with E-state index in [1.54, 1.807) is 0 Å². The predicted octanol–water partition coefficient (Wildman–Crippen LogP) is 8.38. The molecule has 268 valence electrons. The molecule has 2 amide bonds. The molecule has 3 N–H and O–H groups in total. The van der Waals surface area contributed by atoms with Crippen molar-refractivity contribution >= 4 is 20.3 Å². The van der Waals surface area contributed by atoms with E-state index < -0.39 is 44.6 Å². The highest BCUT2D eigenvalue weighted by Crippen LogP contribution is 2.45. The highest BCUT2D eigenvalue weighted by atomic mass is 28.4. The van der Waals surface area contributed by atoms with Crippen molar-refractivity contribution in [2.24, 2.45) is 0 Å². The van der Waals surface area contributed by atoms with E-state index in [9.17, 15) is 14.7 Å². The number of aliphatic hydroxyl groups excluding tert-OH is 1. The molecule has 7 nitrogen and oxygen atoms in total. The fourth-order valence-electron chi connectivity index (χ4n) is 6.86. The van der Waals surface area contributed by atoms with Crippen LogP contribution in [0.1, 0.15) is 54.5 Å². The van der Waals surface area contributed by atoms with E-state index in [4.69, 9.17) is 9.16 Å². The lowest BCUT2D eigenvalue weighted by atomic mass is 9.76. The molecule has 1 aliphatic rings. The zero-order valence-electron chi connectivity index (χ0n) is 30.5. The fraction of sp³-hybridized carbons (Fsp3) is 0.273. The SMILES string of the molecule is CC(C)(C)[Si](C)(C)OC(C(=O)NC(c1ccccc1)(c1ccccc1)c1ccccc1)[C@@H](CO)NC(=O)OCC1c2ccccc2-c2ccccc21. The zero-order valence-corrected chi connectivity index (χ0v) is 31.5. The van der Waals surface area contributed by atoms with Crippen LogP contribution in [0.15, 0.2) is 140 Å². The number of carbonyl (C=O) groups is 2. The van der Waals surface area contributed by atoms with Crippen LogP contribution in [0, 0.1) is 0 Å². The van der Waals surface area contributed by atoms with Gasteiger partial charge in [-0.15, -0.1) is 0 Å². The molecule has 0 aromatic heterocycles. The van der Waals surface area contributed by atoms with Crippen molar-refractivity contribution in [3.8, 4) is 11.1 Å². The van der Waals surface area contributed by atoms with E-state index in [-0.39, 0.29) is 17.6 Å². The Hall–Kier alpha value is -5.02. The first-order valence-electron chi connectivity index (χ1n) is 17.8. The monoisotopic (exact) mass is 712 g/mol. The first kappa shape index (κ1) is 36.8. The summed E-state index contributed by atoms with van der Waals surface area (Å²) < 4.78 is 12.7. The molecular formula is C44H48N2O5Si. The summed E-state index contributed by atoms with van der Waals surface area (Å²) in [5.41, 5.74) is 5.84. The molecule has 0 saturated carbocycles. The largest absolute Gasteiger partial charge is 0.449 e. The number of alkyl carbamates (subject to hydrolysis) is 1. The van der Waals surface area contributed by atoms with Crippen LogP contribution in [0.3, 0.4) is 0 Å². The van der Waals surface area contributed by atoms with E-state index >= 15 is 0 Å². The summed E-state index contributed by atoms with van der Waals surface area (Å²) >= 11 is 0. The smallest absolute Gasteiger partial charge is 0.407 e. The Morgan fingerprint density at radius 2 is 1.12 bits per heavy atom. The number of ether oxygens (including phenoxy) is 1. The number of carbonyl (C=O) groups excluding carboxylic acids is 2. The van der Waals surface area contributed by atoms with Crippen molar-refractivity contribution in [3.05, 3.63) is 167 Å². The Balaban J connectivity index is 1.33. The molecule has 0 saturated heterocycles. The van der Waals surface area contributed by atoms with E-state index in [0.29, 0.717) is 0 Å². The summed E-state index contributed by atoms with van der Waals surface area (Å²) in [7, 11) is -2.66. The Kier molecular flexibility index (Phi) is 10.8. The van der Waals surface area contributed by atoms with Gasteiger partial charge < -0.3 is 24.9 Å². The van der Waals surface area contributed by atoms with Gasteiger partial charge in [0.2, 0.25) is 0 Å². The third kappa shape index (κ3) is 7.32. The molecule has 5 aromatic carbocycles. The lowest BCUT2D eigenvalue weighted by Gasteiger charge is -2.43. The molecule has 6 rings (SSSR count). The molecule has 5 aromatic rings. The van der Waals surface area contributed by atoms with Crippen molar-refractivity contribution in [1.82, 2.24) is 10.6 Å². The first-order chi connectivity index (χ1) is 25.0. The van der Waals surface area contributed by atoms with E-state index in [2.05, 4.69) is 55.7 Å². The second-order valence-corrected chi connectivity index (χ2v) is 19.7. The third-order valence-corrected chi connectivity index (χ3v) is 15.1. The van der Waals surface area contributed by atoms with Gasteiger partial charge in [-0.1, -0.05) is 160 Å². The summed E-state index contributed by atoms with van der Waals surface area (Å²) in [6, 6.07) is 44.6. The van der Waals surface area contributed by atoms with Crippen LogP contribution >= 0.6 is 0 Å². The average Bonchev–Trinajstić information content (AvgIpc) is 3.48. The maximum absolute atomic E-state index is 15.0. The molecule has 52 heavy (non-hydrogen) atoms. The normalized spacial score (nSPS) is 14.1. The van der Waals surface area contributed by atoms with Crippen molar-refractivity contribution in [2.75, 3.05) is 13.2 Å². The van der Waals surface area contributed by atoms with Gasteiger partial charge >= 0.3 is 6.09 Å². The summed E-state index contributed by atoms with van der Waals surface area (Å²) in [5.74, 6) is -0.615. The highest BCUT2D eigenvalue weighted by Gasteiger charge is 2.46. The number of amides is 2. The molecule has 0 aliphatic heterocycles. The van der Waals surface area contributed by atoms with Gasteiger partial charge in [0.15, 0.2) is 8.32 Å². The second kappa shape index (κ2) is 15.3. The van der Waals surface area contributed by atoms with Crippen LogP contribution in [0.25, 0.3) is 11.1 Å². The third-order valence-electron chi connectivity index (χ3n) is 10.6. The summed E-state index contributed by atoms with van der Waals surface area (Å²) in [6.45, 7) is 9.90. The average molecular weight is 713 g/mol. The molecule has 0 bridgehead atoms. The number of rotatable bonds is 12. The topological polar surface area (TPSA) is 96.9 Å². The first-order valence-corrected chi connectivity index (χ1v) is 20.8. The molecular weight excluding hydrogens is 665 g/mol. The number of aliphatic hydroxyl groups is 1. The predicted molar refractivity (Wildman–Crippen MR) is 208 cm³/mol. The van der Waals surface area contributed by atoms with E-state index in [1.807, 2.05) is 128 Å². The molecule has 2 atom stereocenters. The molecule has 0 heterocycles. The van der Waals surface area contributed by atoms with Gasteiger partial charge in [-0.25, -0.2) is 4.79 Å². The minimum atomic E-state index is -2.66. The summed E-state index contributed by atoms with van der Waals surface area (Å²) in [4.78, 5) is 28.6. The van der Waals surface area contributed by atoms with E-state index in [0.717, 1.165) is 38.9 Å². The number of hydrogen-bond acceptors (Lipinski definition) is 5. The standard InChI is InChI=1S/C44H48N2O5Si/c1-43(2,3)52(4,5)51-40(39(29-47)45-42(49)50-30-38-36-27-17-15-25-34(36)35-26-16-18-28-37(35)38)41(48)46-44(31-19-9-6-10-20-31,32-21-11-7-12-22-32)33-23-13-8-14-24-33/h6-28,38-40,47H,29-30H2,1-5H3,(H,45,49)(H,46,48)/t39-,40?/m1/s1. The van der Waals surface area contributed by atoms with Crippen molar-refractivity contribution in [3.63, 3.8) is 0 Å². The maximum Gasteiger partial charge on any atom is 0.407 e. The molecule has 1 aliphatic carbocycles. The quantitative estimate of drug-likeness (QED) is 0.0893. The lowest BCUT2D eigenvalue weighted by molar-refractivity contribution is -0.131. The highest BCUT2D eigenvalue weighted by molar-refractivity contribution is 6.74. The van der Waals surface area contributed by atoms with Crippen LogP contribution in [0.4, 0.5) is 4.79 Å². The molecule has 8 heteroatoms. The lowest BCUT2D eigenvalue weighted by Crippen LogP contribution is -2.61. The molecule has 0 radical (unpaired) electrons. The van der Waals surface area contributed by atoms with Gasteiger partial charge in [0.25, 0.3) is 5.91 Å². The van der Waals surface area contributed by atoms with Crippen LogP contribution in [0.2, 0.25) is 18.1 Å². The van der Waals surface area contributed by atoms with Gasteiger partial charge in [0, 0.05) is 5.92 Å². The second-order valence-electron chi connectivity index (χ2n) is 14.9. The van der Waals surface area contributed by atoms with Crippen LogP contribution in [-0.2, 0) is 19.5 Å². The van der Waals surface area contributed by atoms with E-state index in [1.165, 1.54) is 0 Å². The van der Waals surface area contributed by atoms with Crippen molar-refractivity contribution < 1.29 is 23.9 Å². The minimum absolute atomic E-state index is 0.0943. The van der Waals surface area contributed by atoms with Crippen LogP contribution < -0.4 is 10.6 Å². The maximum atomic E-state index is 15.0. The number of benzene rings is 5. The van der Waals surface area contributed by atoms with Crippen LogP contribution in [-0.4, -0.2) is 50.8 Å². The summed E-state index contributed by atoms with van der Waals surface area (Å²) in [5, 5.41) is 16.8. The molecule has 1 unspecified atom stereocenters. The Morgan fingerprint density at radius 1 is 0.692 bits per heavy atom. The Labute approximate surface area is 308 Å². The summed E-state index contributed by atoms with van der Waals surface area (Å²) in [6.07, 6.45) is -1.99. The van der Waals surface area contributed by atoms with Gasteiger partial charge in [-0.3, -0.25) is 4.79 Å².